The zero-order valence-corrected chi connectivity index (χ0v) is 11.1. The summed E-state index contributed by atoms with van der Waals surface area (Å²) in [7, 11) is 0. The molecular weight excluding hydrogens is 230 g/mol. The highest BCUT2D eigenvalue weighted by Gasteiger charge is 2.31. The molecule has 3 rings (SSSR count). The van der Waals surface area contributed by atoms with Crippen LogP contribution < -0.4 is 0 Å². The molecule has 0 saturated heterocycles. The molecule has 0 aliphatic carbocycles. The largest absolute Gasteiger partial charge is 0.282 e. The Hall–Kier alpha value is -2.15. The van der Waals surface area contributed by atoms with Crippen molar-refractivity contribution in [3.8, 4) is 0 Å². The highest BCUT2D eigenvalue weighted by atomic mass is 14.9. The molecule has 94 valence electrons. The molecule has 0 radical (unpaired) electrons. The average molecular weight is 247 g/mol. The minimum Gasteiger partial charge on any atom is -0.282 e. The van der Waals surface area contributed by atoms with Gasteiger partial charge in [0.05, 0.1) is 5.54 Å². The van der Waals surface area contributed by atoms with Gasteiger partial charge in [-0.15, -0.1) is 0 Å². The predicted molar refractivity (Wildman–Crippen MR) is 81.5 cm³/mol. The molecule has 0 fully saturated rings. The summed E-state index contributed by atoms with van der Waals surface area (Å²) >= 11 is 0. The highest BCUT2D eigenvalue weighted by Crippen LogP contribution is 2.36. The molecular formula is C18H17N. The first-order valence-electron chi connectivity index (χ1n) is 6.63. The van der Waals surface area contributed by atoms with Gasteiger partial charge in [0.1, 0.15) is 0 Å². The van der Waals surface area contributed by atoms with Crippen LogP contribution in [-0.2, 0) is 6.42 Å². The summed E-state index contributed by atoms with van der Waals surface area (Å²) in [6.07, 6.45) is 5.01. The van der Waals surface area contributed by atoms with Crippen molar-refractivity contribution in [3.63, 3.8) is 0 Å². The van der Waals surface area contributed by atoms with Crippen molar-refractivity contribution in [1.29, 1.82) is 0 Å². The van der Waals surface area contributed by atoms with Crippen LogP contribution in [0.5, 0.6) is 0 Å². The summed E-state index contributed by atoms with van der Waals surface area (Å²) in [6, 6.07) is 21.1. The SMILES string of the molecule is CC1(Cc2ccccc2)N=CC=C1c1ccccc1. The fourth-order valence-corrected chi connectivity index (χ4v) is 2.68. The third-order valence-corrected chi connectivity index (χ3v) is 3.66. The van der Waals surface area contributed by atoms with E-state index in [4.69, 9.17) is 4.99 Å². The van der Waals surface area contributed by atoms with Crippen LogP contribution in [0.1, 0.15) is 18.1 Å². The average Bonchev–Trinajstić information content (AvgIpc) is 2.82. The van der Waals surface area contributed by atoms with Crippen LogP contribution in [0.4, 0.5) is 0 Å². The van der Waals surface area contributed by atoms with Crippen molar-refractivity contribution in [3.05, 3.63) is 77.9 Å². The van der Waals surface area contributed by atoms with Gasteiger partial charge in [-0.1, -0.05) is 60.7 Å². The first-order chi connectivity index (χ1) is 9.28. The summed E-state index contributed by atoms with van der Waals surface area (Å²) in [5.41, 5.74) is 3.74. The van der Waals surface area contributed by atoms with Gasteiger partial charge in [-0.2, -0.15) is 0 Å². The second-order valence-electron chi connectivity index (χ2n) is 5.16. The third-order valence-electron chi connectivity index (χ3n) is 3.66. The van der Waals surface area contributed by atoms with E-state index in [-0.39, 0.29) is 5.54 Å². The van der Waals surface area contributed by atoms with Gasteiger partial charge in [-0.05, 0) is 29.7 Å². The summed E-state index contributed by atoms with van der Waals surface area (Å²) in [4.78, 5) is 4.70. The van der Waals surface area contributed by atoms with Crippen LogP contribution in [0, 0.1) is 0 Å². The molecule has 0 aromatic heterocycles. The lowest BCUT2D eigenvalue weighted by atomic mass is 9.83. The van der Waals surface area contributed by atoms with Crippen LogP contribution in [-0.4, -0.2) is 11.8 Å². The van der Waals surface area contributed by atoms with E-state index < -0.39 is 0 Å². The monoisotopic (exact) mass is 247 g/mol. The Kier molecular flexibility index (Phi) is 3.04. The minimum atomic E-state index is -0.150. The Morgan fingerprint density at radius 1 is 0.895 bits per heavy atom. The fourth-order valence-electron chi connectivity index (χ4n) is 2.68. The van der Waals surface area contributed by atoms with Crippen molar-refractivity contribution in [2.75, 3.05) is 0 Å². The topological polar surface area (TPSA) is 12.4 Å². The quantitative estimate of drug-likeness (QED) is 0.772. The van der Waals surface area contributed by atoms with Crippen molar-refractivity contribution in [1.82, 2.24) is 0 Å². The van der Waals surface area contributed by atoms with Crippen LogP contribution in [0.3, 0.4) is 0 Å². The lowest BCUT2D eigenvalue weighted by molar-refractivity contribution is 0.614. The number of nitrogens with zero attached hydrogens (tertiary/aromatic N) is 1. The standard InChI is InChI=1S/C18H17N/c1-18(14-15-8-4-2-5-9-15)17(12-13-19-18)16-10-6-3-7-11-16/h2-13H,14H2,1H3. The Morgan fingerprint density at radius 2 is 1.53 bits per heavy atom. The molecule has 1 heteroatoms. The van der Waals surface area contributed by atoms with Gasteiger partial charge in [-0.3, -0.25) is 4.99 Å². The van der Waals surface area contributed by atoms with Crippen molar-refractivity contribution in [2.45, 2.75) is 18.9 Å². The first-order valence-corrected chi connectivity index (χ1v) is 6.63. The maximum Gasteiger partial charge on any atom is 0.0874 e. The second-order valence-corrected chi connectivity index (χ2v) is 5.16. The molecule has 2 aromatic rings. The molecule has 0 amide bonds. The smallest absolute Gasteiger partial charge is 0.0874 e. The van der Waals surface area contributed by atoms with E-state index in [2.05, 4.69) is 73.7 Å². The Balaban J connectivity index is 1.91. The van der Waals surface area contributed by atoms with Crippen molar-refractivity contribution in [2.24, 2.45) is 4.99 Å². The summed E-state index contributed by atoms with van der Waals surface area (Å²) in [5.74, 6) is 0. The second kappa shape index (κ2) is 4.85. The molecule has 1 unspecified atom stereocenters. The predicted octanol–water partition coefficient (Wildman–Crippen LogP) is 4.16. The molecule has 0 spiro atoms. The zero-order valence-electron chi connectivity index (χ0n) is 11.1. The number of hydrogen-bond donors (Lipinski definition) is 0. The minimum absolute atomic E-state index is 0.150. The van der Waals surface area contributed by atoms with E-state index in [1.165, 1.54) is 16.7 Å². The highest BCUT2D eigenvalue weighted by molar-refractivity contribution is 5.93. The molecule has 0 saturated carbocycles. The van der Waals surface area contributed by atoms with Crippen molar-refractivity contribution >= 4 is 11.8 Å². The van der Waals surface area contributed by atoms with E-state index in [1.54, 1.807) is 0 Å². The lowest BCUT2D eigenvalue weighted by Crippen LogP contribution is -2.24. The van der Waals surface area contributed by atoms with Crippen molar-refractivity contribution < 1.29 is 0 Å². The molecule has 1 nitrogen and oxygen atoms in total. The van der Waals surface area contributed by atoms with Gasteiger partial charge >= 0.3 is 0 Å². The van der Waals surface area contributed by atoms with Crippen LogP contribution in [0.25, 0.3) is 5.57 Å². The van der Waals surface area contributed by atoms with Gasteiger partial charge in [-0.25, -0.2) is 0 Å². The van der Waals surface area contributed by atoms with Gasteiger partial charge < -0.3 is 0 Å². The van der Waals surface area contributed by atoms with E-state index in [9.17, 15) is 0 Å². The molecule has 1 aliphatic rings. The Labute approximate surface area is 114 Å². The molecule has 1 atom stereocenters. The molecule has 2 aromatic carbocycles. The zero-order chi connectivity index (χ0) is 13.1. The van der Waals surface area contributed by atoms with Gasteiger partial charge in [0, 0.05) is 12.6 Å². The maximum atomic E-state index is 4.70. The number of hydrogen-bond acceptors (Lipinski definition) is 1. The lowest BCUT2D eigenvalue weighted by Gasteiger charge is -2.26. The molecule has 0 N–H and O–H groups in total. The normalized spacial score (nSPS) is 21.4. The summed E-state index contributed by atoms with van der Waals surface area (Å²) in [5, 5.41) is 0. The maximum absolute atomic E-state index is 4.70. The van der Waals surface area contributed by atoms with E-state index in [0.29, 0.717) is 0 Å². The number of allylic oxidation sites excluding steroid dienone is 1. The van der Waals surface area contributed by atoms with E-state index in [0.717, 1.165) is 6.42 Å². The molecule has 19 heavy (non-hydrogen) atoms. The Morgan fingerprint density at radius 3 is 2.21 bits per heavy atom. The summed E-state index contributed by atoms with van der Waals surface area (Å²) in [6.45, 7) is 2.21. The van der Waals surface area contributed by atoms with Gasteiger partial charge in [0.15, 0.2) is 0 Å². The molecule has 0 bridgehead atoms. The number of aliphatic imine (C=N–C) groups is 1. The van der Waals surface area contributed by atoms with Crippen LogP contribution in [0.2, 0.25) is 0 Å². The van der Waals surface area contributed by atoms with E-state index in [1.807, 2.05) is 6.21 Å². The molecule has 1 aliphatic heterocycles. The Bertz CT molecular complexity index is 611. The fraction of sp³-hybridized carbons (Fsp3) is 0.167. The number of rotatable bonds is 3. The van der Waals surface area contributed by atoms with Gasteiger partial charge in [0.2, 0.25) is 0 Å². The molecule has 1 heterocycles. The summed E-state index contributed by atoms with van der Waals surface area (Å²) < 4.78 is 0. The van der Waals surface area contributed by atoms with E-state index >= 15 is 0 Å². The van der Waals surface area contributed by atoms with Crippen LogP contribution in [0.15, 0.2) is 71.7 Å². The number of benzene rings is 2. The van der Waals surface area contributed by atoms with Gasteiger partial charge in [0.25, 0.3) is 0 Å². The first kappa shape index (κ1) is 11.9. The third kappa shape index (κ3) is 2.37. The van der Waals surface area contributed by atoms with Crippen LogP contribution >= 0.6 is 0 Å².